The van der Waals surface area contributed by atoms with E-state index in [-0.39, 0.29) is 0 Å². The third kappa shape index (κ3) is 4.45. The molecule has 0 fully saturated rings. The van der Waals surface area contributed by atoms with Gasteiger partial charge in [0, 0.05) is 29.3 Å². The van der Waals surface area contributed by atoms with Crippen molar-refractivity contribution in [3.8, 4) is 16.8 Å². The quantitative estimate of drug-likeness (QED) is 0.735. The predicted octanol–water partition coefficient (Wildman–Crippen LogP) is 3.26. The molecule has 2 aromatic heterocycles. The van der Waals surface area contributed by atoms with Gasteiger partial charge < -0.3 is 0 Å². The standard InChI is InChI=1S/C18H20N4O2S/c1-3-4-17-11-18(9-10-19-17)22-13-15(12-20-22)14-5-7-16(8-6-14)21-25(2,23)24/h5-13,21H,3-4H2,1-2H3. The summed E-state index contributed by atoms with van der Waals surface area (Å²) in [5.41, 5.74) is 4.48. The van der Waals surface area contributed by atoms with E-state index in [9.17, 15) is 8.42 Å². The first kappa shape index (κ1) is 17.2. The Balaban J connectivity index is 1.83. The molecular formula is C18H20N4O2S. The molecule has 0 atom stereocenters. The number of benzene rings is 1. The minimum absolute atomic E-state index is 0.539. The monoisotopic (exact) mass is 356 g/mol. The van der Waals surface area contributed by atoms with Gasteiger partial charge in [0.05, 0.1) is 18.1 Å². The van der Waals surface area contributed by atoms with E-state index in [0.29, 0.717) is 5.69 Å². The number of hydrogen-bond donors (Lipinski definition) is 1. The number of rotatable bonds is 6. The van der Waals surface area contributed by atoms with Gasteiger partial charge in [0.2, 0.25) is 10.0 Å². The first-order chi connectivity index (χ1) is 11.9. The molecule has 2 heterocycles. The molecule has 7 heteroatoms. The van der Waals surface area contributed by atoms with Crippen LogP contribution in [-0.2, 0) is 16.4 Å². The summed E-state index contributed by atoms with van der Waals surface area (Å²) in [6, 6.07) is 11.2. The third-order valence-electron chi connectivity index (χ3n) is 3.67. The Morgan fingerprint density at radius 2 is 1.88 bits per heavy atom. The molecule has 0 unspecified atom stereocenters. The van der Waals surface area contributed by atoms with Crippen LogP contribution in [0.25, 0.3) is 16.8 Å². The Labute approximate surface area is 147 Å². The lowest BCUT2D eigenvalue weighted by molar-refractivity contribution is 0.607. The van der Waals surface area contributed by atoms with Gasteiger partial charge in [0.1, 0.15) is 0 Å². The lowest BCUT2D eigenvalue weighted by atomic mass is 10.1. The summed E-state index contributed by atoms with van der Waals surface area (Å²) < 4.78 is 26.8. The number of aromatic nitrogens is 3. The minimum atomic E-state index is -3.27. The maximum atomic E-state index is 11.3. The summed E-state index contributed by atoms with van der Waals surface area (Å²) in [4.78, 5) is 4.36. The van der Waals surface area contributed by atoms with Crippen LogP contribution in [0.2, 0.25) is 0 Å². The van der Waals surface area contributed by atoms with Gasteiger partial charge in [0.25, 0.3) is 0 Å². The van der Waals surface area contributed by atoms with Crippen LogP contribution in [0.4, 0.5) is 5.69 Å². The smallest absolute Gasteiger partial charge is 0.229 e. The zero-order valence-corrected chi connectivity index (χ0v) is 15.0. The van der Waals surface area contributed by atoms with Crippen LogP contribution in [0, 0.1) is 0 Å². The van der Waals surface area contributed by atoms with E-state index in [1.54, 1.807) is 24.5 Å². The van der Waals surface area contributed by atoms with Crippen molar-refractivity contribution < 1.29 is 8.42 Å². The number of hydrogen-bond acceptors (Lipinski definition) is 4. The Morgan fingerprint density at radius 3 is 2.56 bits per heavy atom. The summed E-state index contributed by atoms with van der Waals surface area (Å²) in [7, 11) is -3.27. The molecular weight excluding hydrogens is 336 g/mol. The van der Waals surface area contributed by atoms with Crippen molar-refractivity contribution >= 4 is 15.7 Å². The van der Waals surface area contributed by atoms with Crippen LogP contribution >= 0.6 is 0 Å². The minimum Gasteiger partial charge on any atom is -0.284 e. The fourth-order valence-electron chi connectivity index (χ4n) is 2.56. The molecule has 0 aliphatic heterocycles. The molecule has 3 aromatic rings. The Kier molecular flexibility index (Phi) is 4.85. The third-order valence-corrected chi connectivity index (χ3v) is 4.28. The summed E-state index contributed by atoms with van der Waals surface area (Å²) >= 11 is 0. The first-order valence-electron chi connectivity index (χ1n) is 8.03. The first-order valence-corrected chi connectivity index (χ1v) is 9.92. The largest absolute Gasteiger partial charge is 0.284 e. The van der Waals surface area contributed by atoms with E-state index in [2.05, 4.69) is 21.7 Å². The van der Waals surface area contributed by atoms with E-state index in [4.69, 9.17) is 0 Å². The second-order valence-corrected chi connectivity index (χ2v) is 7.63. The van der Waals surface area contributed by atoms with Crippen LogP contribution in [0.5, 0.6) is 0 Å². The number of pyridine rings is 1. The van der Waals surface area contributed by atoms with Crippen molar-refractivity contribution in [3.63, 3.8) is 0 Å². The number of nitrogens with zero attached hydrogens (tertiary/aromatic N) is 3. The highest BCUT2D eigenvalue weighted by Gasteiger charge is 2.06. The summed E-state index contributed by atoms with van der Waals surface area (Å²) in [5.74, 6) is 0. The molecule has 0 bridgehead atoms. The van der Waals surface area contributed by atoms with Gasteiger partial charge in [-0.1, -0.05) is 25.5 Å². The number of anilines is 1. The molecule has 1 N–H and O–H groups in total. The molecule has 0 radical (unpaired) electrons. The van der Waals surface area contributed by atoms with Crippen LogP contribution in [-0.4, -0.2) is 29.4 Å². The highest BCUT2D eigenvalue weighted by molar-refractivity contribution is 7.92. The summed E-state index contributed by atoms with van der Waals surface area (Å²) in [6.07, 6.45) is 8.66. The van der Waals surface area contributed by atoms with Gasteiger partial charge >= 0.3 is 0 Å². The van der Waals surface area contributed by atoms with E-state index >= 15 is 0 Å². The van der Waals surface area contributed by atoms with Crippen molar-refractivity contribution in [1.82, 2.24) is 14.8 Å². The molecule has 0 aliphatic rings. The maximum absolute atomic E-state index is 11.3. The van der Waals surface area contributed by atoms with Crippen molar-refractivity contribution in [2.24, 2.45) is 0 Å². The number of sulfonamides is 1. The van der Waals surface area contributed by atoms with Gasteiger partial charge in [-0.15, -0.1) is 0 Å². The molecule has 6 nitrogen and oxygen atoms in total. The summed E-state index contributed by atoms with van der Waals surface area (Å²) in [6.45, 7) is 2.13. The van der Waals surface area contributed by atoms with Gasteiger partial charge in [-0.05, 0) is 36.2 Å². The molecule has 0 spiro atoms. The average Bonchev–Trinajstić information content (AvgIpc) is 3.05. The predicted molar refractivity (Wildman–Crippen MR) is 99.3 cm³/mol. The average molecular weight is 356 g/mol. The topological polar surface area (TPSA) is 76.9 Å². The zero-order chi connectivity index (χ0) is 17.9. The van der Waals surface area contributed by atoms with E-state index in [1.165, 1.54) is 0 Å². The maximum Gasteiger partial charge on any atom is 0.229 e. The highest BCUT2D eigenvalue weighted by Crippen LogP contribution is 2.22. The molecule has 0 saturated heterocycles. The number of nitrogens with one attached hydrogen (secondary N) is 1. The zero-order valence-electron chi connectivity index (χ0n) is 14.2. The fraction of sp³-hybridized carbons (Fsp3) is 0.222. The van der Waals surface area contributed by atoms with Crippen molar-refractivity contribution in [1.29, 1.82) is 0 Å². The SMILES string of the molecule is CCCc1cc(-n2cc(-c3ccc(NS(C)(=O)=O)cc3)cn2)ccn1. The van der Waals surface area contributed by atoms with Crippen LogP contribution in [0.1, 0.15) is 19.0 Å². The second kappa shape index (κ2) is 7.06. The fourth-order valence-corrected chi connectivity index (χ4v) is 3.12. The Bertz CT molecular complexity index is 963. The van der Waals surface area contributed by atoms with Gasteiger partial charge in [-0.25, -0.2) is 13.1 Å². The molecule has 25 heavy (non-hydrogen) atoms. The van der Waals surface area contributed by atoms with Crippen LogP contribution < -0.4 is 4.72 Å². The normalized spacial score (nSPS) is 11.4. The molecule has 130 valence electrons. The lowest BCUT2D eigenvalue weighted by Crippen LogP contribution is -2.09. The Morgan fingerprint density at radius 1 is 1.12 bits per heavy atom. The van der Waals surface area contributed by atoms with Crippen molar-refractivity contribution in [2.45, 2.75) is 19.8 Å². The lowest BCUT2D eigenvalue weighted by Gasteiger charge is -2.05. The number of aryl methyl sites for hydroxylation is 1. The Hall–Kier alpha value is -2.67. The van der Waals surface area contributed by atoms with Gasteiger partial charge in [-0.3, -0.25) is 9.71 Å². The van der Waals surface area contributed by atoms with Crippen molar-refractivity contribution in [2.75, 3.05) is 11.0 Å². The summed E-state index contributed by atoms with van der Waals surface area (Å²) in [5, 5.41) is 4.42. The van der Waals surface area contributed by atoms with Gasteiger partial charge in [-0.2, -0.15) is 5.10 Å². The van der Waals surface area contributed by atoms with E-state index in [1.807, 2.05) is 35.1 Å². The van der Waals surface area contributed by atoms with Crippen LogP contribution in [0.3, 0.4) is 0 Å². The molecule has 0 saturated carbocycles. The molecule has 1 aromatic carbocycles. The molecule has 0 amide bonds. The van der Waals surface area contributed by atoms with E-state index in [0.717, 1.165) is 41.6 Å². The second-order valence-electron chi connectivity index (χ2n) is 5.88. The van der Waals surface area contributed by atoms with Gasteiger partial charge in [0.15, 0.2) is 0 Å². The van der Waals surface area contributed by atoms with E-state index < -0.39 is 10.0 Å². The molecule has 0 aliphatic carbocycles. The van der Waals surface area contributed by atoms with Crippen LogP contribution in [0.15, 0.2) is 55.0 Å². The molecule has 3 rings (SSSR count). The van der Waals surface area contributed by atoms with Crippen molar-refractivity contribution in [3.05, 3.63) is 60.7 Å². The highest BCUT2D eigenvalue weighted by atomic mass is 32.2.